The van der Waals surface area contributed by atoms with Crippen molar-refractivity contribution in [3.05, 3.63) is 40.2 Å². The van der Waals surface area contributed by atoms with Gasteiger partial charge in [-0.3, -0.25) is 14.8 Å². The molecular weight excluding hydrogens is 236 g/mol. The second-order valence-corrected chi connectivity index (χ2v) is 3.46. The molecule has 0 saturated carbocycles. The Hall–Kier alpha value is -2.95. The van der Waals surface area contributed by atoms with Crippen LogP contribution < -0.4 is 5.32 Å². The molecule has 8 heteroatoms. The van der Waals surface area contributed by atoms with E-state index in [2.05, 4.69) is 15.4 Å². The van der Waals surface area contributed by atoms with Crippen LogP contribution in [0.4, 0.5) is 17.3 Å². The van der Waals surface area contributed by atoms with Gasteiger partial charge in [0.2, 0.25) is 0 Å². The van der Waals surface area contributed by atoms with E-state index in [4.69, 9.17) is 5.26 Å². The summed E-state index contributed by atoms with van der Waals surface area (Å²) in [4.78, 5) is 13.8. The summed E-state index contributed by atoms with van der Waals surface area (Å²) >= 11 is 0. The van der Waals surface area contributed by atoms with E-state index in [1.807, 2.05) is 6.07 Å². The first-order chi connectivity index (χ1) is 8.60. The van der Waals surface area contributed by atoms with Crippen molar-refractivity contribution in [3.8, 4) is 6.07 Å². The summed E-state index contributed by atoms with van der Waals surface area (Å²) in [5, 5.41) is 26.4. The molecule has 0 bridgehead atoms. The van der Waals surface area contributed by atoms with Gasteiger partial charge in [0.25, 0.3) is 5.69 Å². The van der Waals surface area contributed by atoms with Crippen molar-refractivity contribution in [2.24, 2.45) is 7.05 Å². The minimum Gasteiger partial charge on any atom is -0.322 e. The number of nitrogens with zero attached hydrogens (tertiary/aromatic N) is 5. The minimum atomic E-state index is -0.599. The maximum absolute atomic E-state index is 10.6. The van der Waals surface area contributed by atoms with Crippen LogP contribution >= 0.6 is 0 Å². The summed E-state index contributed by atoms with van der Waals surface area (Å²) in [6.07, 6.45) is 2.81. The normalized spacial score (nSPS) is 9.78. The lowest BCUT2D eigenvalue weighted by atomic mass is 10.2. The Morgan fingerprint density at radius 1 is 1.61 bits per heavy atom. The number of anilines is 2. The zero-order chi connectivity index (χ0) is 13.1. The summed E-state index contributed by atoms with van der Waals surface area (Å²) < 4.78 is 1.58. The molecule has 2 heterocycles. The van der Waals surface area contributed by atoms with Crippen LogP contribution in [-0.4, -0.2) is 19.7 Å². The lowest BCUT2D eigenvalue weighted by Gasteiger charge is -2.03. The molecule has 2 rings (SSSR count). The Kier molecular flexibility index (Phi) is 2.89. The van der Waals surface area contributed by atoms with Crippen molar-refractivity contribution in [2.45, 2.75) is 0 Å². The molecule has 0 aliphatic heterocycles. The van der Waals surface area contributed by atoms with Crippen LogP contribution in [0, 0.1) is 21.4 Å². The number of nitro groups is 1. The van der Waals surface area contributed by atoms with E-state index in [0.29, 0.717) is 5.82 Å². The van der Waals surface area contributed by atoms with E-state index in [1.54, 1.807) is 24.0 Å². The average molecular weight is 244 g/mol. The van der Waals surface area contributed by atoms with Gasteiger partial charge in [0.05, 0.1) is 4.92 Å². The molecule has 0 aromatic carbocycles. The van der Waals surface area contributed by atoms with Crippen LogP contribution in [0.5, 0.6) is 0 Å². The topological polar surface area (TPSA) is 110 Å². The Morgan fingerprint density at radius 3 is 2.94 bits per heavy atom. The maximum atomic E-state index is 10.6. The smallest absolute Gasteiger partial charge is 0.289 e. The van der Waals surface area contributed by atoms with Gasteiger partial charge in [-0.1, -0.05) is 0 Å². The van der Waals surface area contributed by atoms with Gasteiger partial charge in [0.1, 0.15) is 23.6 Å². The minimum absolute atomic E-state index is 0.0925. The third kappa shape index (κ3) is 2.25. The van der Waals surface area contributed by atoms with Crippen molar-refractivity contribution in [1.29, 1.82) is 5.26 Å². The number of rotatable bonds is 3. The summed E-state index contributed by atoms with van der Waals surface area (Å²) in [7, 11) is 1.75. The molecule has 0 aliphatic carbocycles. The third-order valence-corrected chi connectivity index (χ3v) is 2.16. The van der Waals surface area contributed by atoms with Gasteiger partial charge in [0.15, 0.2) is 5.82 Å². The molecular formula is C10H8N6O2. The molecule has 0 amide bonds. The van der Waals surface area contributed by atoms with Gasteiger partial charge < -0.3 is 5.32 Å². The van der Waals surface area contributed by atoms with Crippen LogP contribution in [0.1, 0.15) is 5.56 Å². The van der Waals surface area contributed by atoms with Crippen LogP contribution in [0.3, 0.4) is 0 Å². The van der Waals surface area contributed by atoms with E-state index < -0.39 is 4.92 Å². The van der Waals surface area contributed by atoms with Gasteiger partial charge in [-0.25, -0.2) is 4.98 Å². The highest BCUT2D eigenvalue weighted by Gasteiger charge is 2.12. The molecule has 18 heavy (non-hydrogen) atoms. The molecule has 0 atom stereocenters. The summed E-state index contributed by atoms with van der Waals surface area (Å²) in [6.45, 7) is 0. The quantitative estimate of drug-likeness (QED) is 0.644. The van der Waals surface area contributed by atoms with E-state index in [-0.39, 0.29) is 17.1 Å². The highest BCUT2D eigenvalue weighted by molar-refractivity contribution is 5.61. The number of pyridine rings is 1. The van der Waals surface area contributed by atoms with Gasteiger partial charge in [-0.05, 0) is 0 Å². The fourth-order valence-corrected chi connectivity index (χ4v) is 1.34. The van der Waals surface area contributed by atoms with E-state index in [1.165, 1.54) is 0 Å². The van der Waals surface area contributed by atoms with Crippen molar-refractivity contribution in [3.63, 3.8) is 0 Å². The fraction of sp³-hybridized carbons (Fsp3) is 0.100. The second kappa shape index (κ2) is 4.50. The maximum Gasteiger partial charge on any atom is 0.289 e. The largest absolute Gasteiger partial charge is 0.322 e. The van der Waals surface area contributed by atoms with Gasteiger partial charge >= 0.3 is 0 Å². The molecule has 8 nitrogen and oxygen atoms in total. The molecule has 0 unspecified atom stereocenters. The van der Waals surface area contributed by atoms with Crippen LogP contribution in [-0.2, 0) is 7.05 Å². The predicted octanol–water partition coefficient (Wildman–Crippen LogP) is 1.34. The van der Waals surface area contributed by atoms with E-state index >= 15 is 0 Å². The molecule has 2 aromatic heterocycles. The first-order valence-electron chi connectivity index (χ1n) is 4.91. The number of hydrogen-bond acceptors (Lipinski definition) is 6. The van der Waals surface area contributed by atoms with Crippen molar-refractivity contribution >= 4 is 17.3 Å². The fourth-order valence-electron chi connectivity index (χ4n) is 1.34. The number of nitriles is 1. The number of aromatic nitrogens is 3. The summed E-state index contributed by atoms with van der Waals surface area (Å²) in [5.74, 6) is 0.747. The molecule has 2 aromatic rings. The Labute approximate surface area is 102 Å². The number of aryl methyl sites for hydroxylation is 1. The molecule has 0 fully saturated rings. The zero-order valence-corrected chi connectivity index (χ0v) is 9.36. The highest BCUT2D eigenvalue weighted by atomic mass is 16.6. The van der Waals surface area contributed by atoms with E-state index in [9.17, 15) is 10.1 Å². The second-order valence-electron chi connectivity index (χ2n) is 3.46. The molecule has 90 valence electrons. The van der Waals surface area contributed by atoms with Gasteiger partial charge in [-0.2, -0.15) is 10.4 Å². The number of hydrogen-bond donors (Lipinski definition) is 1. The molecule has 0 radical (unpaired) electrons. The van der Waals surface area contributed by atoms with Gasteiger partial charge in [0, 0.05) is 25.4 Å². The standard InChI is InChI=1S/C10H8N6O2/c1-15-3-2-9(14-15)13-10-7(5-11)4-8(6-12-10)16(17)18/h2-4,6H,1H3,(H,12,13,14). The van der Waals surface area contributed by atoms with Crippen LogP contribution in [0.15, 0.2) is 24.5 Å². The van der Waals surface area contributed by atoms with Crippen molar-refractivity contribution in [1.82, 2.24) is 14.8 Å². The molecule has 1 N–H and O–H groups in total. The van der Waals surface area contributed by atoms with Crippen molar-refractivity contribution in [2.75, 3.05) is 5.32 Å². The number of nitrogens with one attached hydrogen (secondary N) is 1. The molecule has 0 spiro atoms. The molecule has 0 saturated heterocycles. The Balaban J connectivity index is 2.34. The summed E-state index contributed by atoms with van der Waals surface area (Å²) in [6, 6.07) is 4.72. The lowest BCUT2D eigenvalue weighted by Crippen LogP contribution is -2.00. The van der Waals surface area contributed by atoms with Crippen LogP contribution in [0.25, 0.3) is 0 Å². The highest BCUT2D eigenvalue weighted by Crippen LogP contribution is 2.20. The molecule has 0 aliphatic rings. The SMILES string of the molecule is Cn1ccc(Nc2ncc([N+](=O)[O-])cc2C#N)n1. The Bertz CT molecular complexity index is 642. The van der Waals surface area contributed by atoms with Gasteiger partial charge in [-0.15, -0.1) is 0 Å². The van der Waals surface area contributed by atoms with E-state index in [0.717, 1.165) is 12.3 Å². The Morgan fingerprint density at radius 2 is 2.39 bits per heavy atom. The predicted molar refractivity (Wildman–Crippen MR) is 62.1 cm³/mol. The van der Waals surface area contributed by atoms with Crippen molar-refractivity contribution < 1.29 is 4.92 Å². The lowest BCUT2D eigenvalue weighted by molar-refractivity contribution is -0.385. The monoisotopic (exact) mass is 244 g/mol. The summed E-state index contributed by atoms with van der Waals surface area (Å²) in [5.41, 5.74) is -0.132. The zero-order valence-electron chi connectivity index (χ0n) is 9.36. The first-order valence-corrected chi connectivity index (χ1v) is 4.91. The first kappa shape index (κ1) is 11.5. The van der Waals surface area contributed by atoms with Crippen LogP contribution in [0.2, 0.25) is 0 Å². The third-order valence-electron chi connectivity index (χ3n) is 2.16. The average Bonchev–Trinajstić information content (AvgIpc) is 2.75.